The Kier molecular flexibility index (Phi) is 3.92. The smallest absolute Gasteiger partial charge is 0.303 e. The average Bonchev–Trinajstić information content (AvgIpc) is 2.14. The van der Waals surface area contributed by atoms with Crippen molar-refractivity contribution < 1.29 is 14.7 Å². The number of likely N-dealkylation sites (tertiary alicyclic amines) is 1. The van der Waals surface area contributed by atoms with Gasteiger partial charge in [0.2, 0.25) is 5.91 Å². The predicted octanol–water partition coefficient (Wildman–Crippen LogP) is 1.11. The first kappa shape index (κ1) is 11.0. The molecule has 0 spiro atoms. The predicted molar refractivity (Wildman–Crippen MR) is 51.8 cm³/mol. The lowest BCUT2D eigenvalue weighted by Crippen LogP contribution is -2.39. The molecule has 0 unspecified atom stereocenters. The Morgan fingerprint density at radius 3 is 2.71 bits per heavy atom. The quantitative estimate of drug-likeness (QED) is 0.740. The monoisotopic (exact) mass is 199 g/mol. The number of piperidine rings is 1. The van der Waals surface area contributed by atoms with E-state index in [-0.39, 0.29) is 18.7 Å². The minimum absolute atomic E-state index is 0.0149. The topological polar surface area (TPSA) is 57.6 Å². The van der Waals surface area contributed by atoms with Crippen LogP contribution in [0.3, 0.4) is 0 Å². The lowest BCUT2D eigenvalue weighted by Gasteiger charge is -2.30. The van der Waals surface area contributed by atoms with Gasteiger partial charge in [-0.05, 0) is 18.8 Å². The van der Waals surface area contributed by atoms with Gasteiger partial charge in [0.1, 0.15) is 0 Å². The largest absolute Gasteiger partial charge is 0.481 e. The number of hydrogen-bond donors (Lipinski definition) is 1. The molecule has 4 heteroatoms. The Bertz CT molecular complexity index is 227. The molecule has 1 fully saturated rings. The van der Waals surface area contributed by atoms with E-state index < -0.39 is 5.97 Å². The molecule has 0 aromatic heterocycles. The van der Waals surface area contributed by atoms with Crippen LogP contribution < -0.4 is 0 Å². The zero-order chi connectivity index (χ0) is 10.6. The first-order valence-electron chi connectivity index (χ1n) is 5.09. The third kappa shape index (κ3) is 3.36. The number of rotatable bonds is 3. The van der Waals surface area contributed by atoms with Crippen molar-refractivity contribution >= 4 is 11.9 Å². The lowest BCUT2D eigenvalue weighted by atomic mass is 10.00. The van der Waals surface area contributed by atoms with Crippen molar-refractivity contribution in [1.29, 1.82) is 0 Å². The molecule has 1 aliphatic heterocycles. The highest BCUT2D eigenvalue weighted by Crippen LogP contribution is 2.16. The van der Waals surface area contributed by atoms with Crippen LogP contribution in [-0.2, 0) is 9.59 Å². The van der Waals surface area contributed by atoms with Gasteiger partial charge in [-0.2, -0.15) is 0 Å². The summed E-state index contributed by atoms with van der Waals surface area (Å²) in [6.07, 6.45) is 2.30. The number of hydrogen-bond acceptors (Lipinski definition) is 2. The number of carbonyl (C=O) groups is 2. The molecule has 1 N–H and O–H groups in total. The van der Waals surface area contributed by atoms with Crippen LogP contribution in [0.1, 0.15) is 32.6 Å². The van der Waals surface area contributed by atoms with E-state index in [2.05, 4.69) is 6.92 Å². The van der Waals surface area contributed by atoms with Crippen LogP contribution >= 0.6 is 0 Å². The highest BCUT2D eigenvalue weighted by atomic mass is 16.4. The summed E-state index contributed by atoms with van der Waals surface area (Å²) in [5.41, 5.74) is 0. The highest BCUT2D eigenvalue weighted by Gasteiger charge is 2.20. The number of carboxylic acids is 1. The fourth-order valence-electron chi connectivity index (χ4n) is 1.79. The SMILES string of the molecule is C[C@H]1CCCN(C(=O)CCC(=O)O)C1. The van der Waals surface area contributed by atoms with E-state index in [0.29, 0.717) is 5.92 Å². The molecule has 0 bridgehead atoms. The first-order chi connectivity index (χ1) is 6.59. The molecule has 14 heavy (non-hydrogen) atoms. The van der Waals surface area contributed by atoms with Crippen molar-refractivity contribution in [3.8, 4) is 0 Å². The van der Waals surface area contributed by atoms with Gasteiger partial charge in [0.15, 0.2) is 0 Å². The van der Waals surface area contributed by atoms with E-state index in [9.17, 15) is 9.59 Å². The van der Waals surface area contributed by atoms with Gasteiger partial charge >= 0.3 is 5.97 Å². The summed E-state index contributed by atoms with van der Waals surface area (Å²) in [5, 5.41) is 8.44. The molecule has 80 valence electrons. The normalized spacial score (nSPS) is 22.1. The number of amides is 1. The Balaban J connectivity index is 2.32. The molecule has 1 atom stereocenters. The van der Waals surface area contributed by atoms with E-state index in [1.807, 2.05) is 0 Å². The Hall–Kier alpha value is -1.06. The number of aliphatic carboxylic acids is 1. The van der Waals surface area contributed by atoms with Crippen LogP contribution in [0.5, 0.6) is 0 Å². The molecule has 1 amide bonds. The summed E-state index contributed by atoms with van der Waals surface area (Å²) in [4.78, 5) is 23.6. The molecule has 0 aromatic carbocycles. The third-order valence-corrected chi connectivity index (χ3v) is 2.56. The second-order valence-corrected chi connectivity index (χ2v) is 3.98. The van der Waals surface area contributed by atoms with Crippen molar-refractivity contribution in [2.75, 3.05) is 13.1 Å². The van der Waals surface area contributed by atoms with Crippen molar-refractivity contribution in [3.63, 3.8) is 0 Å². The summed E-state index contributed by atoms with van der Waals surface area (Å²) in [6.45, 7) is 3.71. The van der Waals surface area contributed by atoms with E-state index in [1.165, 1.54) is 6.42 Å². The van der Waals surface area contributed by atoms with E-state index in [0.717, 1.165) is 19.5 Å². The summed E-state index contributed by atoms with van der Waals surface area (Å²) in [5.74, 6) is -0.361. The third-order valence-electron chi connectivity index (χ3n) is 2.56. The molecular weight excluding hydrogens is 182 g/mol. The van der Waals surface area contributed by atoms with Crippen LogP contribution in [0.25, 0.3) is 0 Å². The van der Waals surface area contributed by atoms with Crippen molar-refractivity contribution in [2.45, 2.75) is 32.6 Å². The minimum Gasteiger partial charge on any atom is -0.481 e. The van der Waals surface area contributed by atoms with Gasteiger partial charge in [0, 0.05) is 19.5 Å². The summed E-state index contributed by atoms with van der Waals surface area (Å²) >= 11 is 0. The maximum atomic E-state index is 11.5. The maximum absolute atomic E-state index is 11.5. The molecule has 1 rings (SSSR count). The van der Waals surface area contributed by atoms with Crippen LogP contribution in [0.15, 0.2) is 0 Å². The average molecular weight is 199 g/mol. The van der Waals surface area contributed by atoms with Gasteiger partial charge in [-0.15, -0.1) is 0 Å². The maximum Gasteiger partial charge on any atom is 0.303 e. The zero-order valence-electron chi connectivity index (χ0n) is 8.53. The molecule has 0 radical (unpaired) electrons. The van der Waals surface area contributed by atoms with Gasteiger partial charge in [-0.3, -0.25) is 9.59 Å². The van der Waals surface area contributed by atoms with E-state index in [4.69, 9.17) is 5.11 Å². The van der Waals surface area contributed by atoms with E-state index in [1.54, 1.807) is 4.90 Å². The fourth-order valence-corrected chi connectivity index (χ4v) is 1.79. The molecule has 4 nitrogen and oxygen atoms in total. The molecule has 1 aliphatic rings. The molecule has 0 saturated carbocycles. The summed E-state index contributed by atoms with van der Waals surface area (Å²) in [7, 11) is 0. The number of carbonyl (C=O) groups excluding carboxylic acids is 1. The molecule has 1 saturated heterocycles. The molecule has 0 aliphatic carbocycles. The molecular formula is C10H17NO3. The fraction of sp³-hybridized carbons (Fsp3) is 0.800. The number of nitrogens with zero attached hydrogens (tertiary/aromatic N) is 1. The van der Waals surface area contributed by atoms with Crippen LogP contribution in [0.4, 0.5) is 0 Å². The van der Waals surface area contributed by atoms with Gasteiger partial charge in [0.05, 0.1) is 6.42 Å². The van der Waals surface area contributed by atoms with Crippen molar-refractivity contribution in [3.05, 3.63) is 0 Å². The second-order valence-electron chi connectivity index (χ2n) is 3.98. The second kappa shape index (κ2) is 4.98. The van der Waals surface area contributed by atoms with E-state index >= 15 is 0 Å². The minimum atomic E-state index is -0.900. The van der Waals surface area contributed by atoms with Gasteiger partial charge < -0.3 is 10.0 Å². The zero-order valence-corrected chi connectivity index (χ0v) is 8.53. The Morgan fingerprint density at radius 1 is 1.43 bits per heavy atom. The van der Waals surface area contributed by atoms with Crippen molar-refractivity contribution in [1.82, 2.24) is 4.90 Å². The van der Waals surface area contributed by atoms with Crippen LogP contribution in [0, 0.1) is 5.92 Å². The van der Waals surface area contributed by atoms with Gasteiger partial charge in [0.25, 0.3) is 0 Å². The molecule has 0 aromatic rings. The van der Waals surface area contributed by atoms with Crippen LogP contribution in [0.2, 0.25) is 0 Å². The first-order valence-corrected chi connectivity index (χ1v) is 5.09. The highest BCUT2D eigenvalue weighted by molar-refractivity contribution is 5.80. The Morgan fingerprint density at radius 2 is 2.14 bits per heavy atom. The van der Waals surface area contributed by atoms with Gasteiger partial charge in [-0.25, -0.2) is 0 Å². The summed E-state index contributed by atoms with van der Waals surface area (Å²) < 4.78 is 0. The van der Waals surface area contributed by atoms with Crippen LogP contribution in [-0.4, -0.2) is 35.0 Å². The lowest BCUT2D eigenvalue weighted by molar-refractivity contribution is -0.141. The number of carboxylic acid groups (broad SMARTS) is 1. The van der Waals surface area contributed by atoms with Crippen molar-refractivity contribution in [2.24, 2.45) is 5.92 Å². The standard InChI is InChI=1S/C10H17NO3/c1-8-3-2-6-11(7-8)9(12)4-5-10(13)14/h8H,2-7H2,1H3,(H,13,14)/t8-/m0/s1. The Labute approximate surface area is 83.9 Å². The van der Waals surface area contributed by atoms with Gasteiger partial charge in [-0.1, -0.05) is 6.92 Å². The summed E-state index contributed by atoms with van der Waals surface area (Å²) in [6, 6.07) is 0. The molecule has 1 heterocycles.